The van der Waals surface area contributed by atoms with Crippen molar-refractivity contribution in [1.29, 1.82) is 0 Å². The van der Waals surface area contributed by atoms with Crippen molar-refractivity contribution < 1.29 is 19.1 Å². The van der Waals surface area contributed by atoms with Crippen LogP contribution in [0.25, 0.3) is 6.08 Å². The summed E-state index contributed by atoms with van der Waals surface area (Å²) in [6.45, 7) is 6.67. The Morgan fingerprint density at radius 3 is 2.00 bits per heavy atom. The number of benzene rings is 2. The monoisotopic (exact) mass is 364 g/mol. The lowest BCUT2D eigenvalue weighted by atomic mass is 10.0. The smallest absolute Gasteiger partial charge is 0.328 e. The number of aryl methyl sites for hydroxylation is 3. The van der Waals surface area contributed by atoms with Crippen LogP contribution in [0.3, 0.4) is 0 Å². The van der Waals surface area contributed by atoms with Crippen LogP contribution in [0.4, 0.5) is 4.79 Å². The van der Waals surface area contributed by atoms with Gasteiger partial charge in [-0.05, 0) is 61.2 Å². The number of rotatable bonds is 4. The number of barbiturate groups is 1. The summed E-state index contributed by atoms with van der Waals surface area (Å²) in [6, 6.07) is 10.5. The number of imide groups is 2. The van der Waals surface area contributed by atoms with Crippen LogP contribution >= 0.6 is 0 Å². The van der Waals surface area contributed by atoms with Crippen LogP contribution in [0, 0.1) is 20.8 Å². The molecule has 0 atom stereocenters. The molecule has 0 aromatic heterocycles. The second-order valence-corrected chi connectivity index (χ2v) is 6.53. The fourth-order valence-electron chi connectivity index (χ4n) is 3.03. The molecule has 6 nitrogen and oxygen atoms in total. The maximum atomic E-state index is 11.7. The van der Waals surface area contributed by atoms with Crippen molar-refractivity contribution in [2.45, 2.75) is 27.4 Å². The molecule has 0 spiro atoms. The normalized spacial score (nSPS) is 13.9. The third-order valence-electron chi connectivity index (χ3n) is 4.36. The van der Waals surface area contributed by atoms with Gasteiger partial charge in [-0.2, -0.15) is 0 Å². The average molecular weight is 364 g/mol. The molecule has 1 aliphatic heterocycles. The van der Waals surface area contributed by atoms with Crippen LogP contribution in [0.2, 0.25) is 0 Å². The van der Waals surface area contributed by atoms with E-state index in [-0.39, 0.29) is 5.57 Å². The maximum absolute atomic E-state index is 11.7. The molecule has 1 aliphatic rings. The number of nitrogens with one attached hydrogen (secondary N) is 2. The van der Waals surface area contributed by atoms with E-state index in [1.54, 1.807) is 24.3 Å². The molecule has 0 radical (unpaired) electrons. The fraction of sp³-hybridized carbons (Fsp3) is 0.190. The third kappa shape index (κ3) is 4.23. The Kier molecular flexibility index (Phi) is 5.07. The van der Waals surface area contributed by atoms with Gasteiger partial charge < -0.3 is 4.74 Å². The summed E-state index contributed by atoms with van der Waals surface area (Å²) in [5.41, 5.74) is 5.31. The quantitative estimate of drug-likeness (QED) is 0.645. The summed E-state index contributed by atoms with van der Waals surface area (Å²) in [6.07, 6.45) is 1.43. The number of carbonyl (C=O) groups excluding carboxylic acids is 3. The van der Waals surface area contributed by atoms with Crippen LogP contribution in [0.1, 0.15) is 27.8 Å². The van der Waals surface area contributed by atoms with Crippen LogP contribution in [0.15, 0.2) is 42.0 Å². The first-order chi connectivity index (χ1) is 12.8. The molecule has 2 aromatic carbocycles. The minimum Gasteiger partial charge on any atom is -0.489 e. The average Bonchev–Trinajstić information content (AvgIpc) is 2.58. The second kappa shape index (κ2) is 7.45. The Labute approximate surface area is 157 Å². The number of carbonyl (C=O) groups is 3. The molecule has 1 fully saturated rings. The molecule has 1 saturated heterocycles. The van der Waals surface area contributed by atoms with Gasteiger partial charge >= 0.3 is 6.03 Å². The molecule has 4 amide bonds. The minimum absolute atomic E-state index is 0.117. The molecule has 138 valence electrons. The maximum Gasteiger partial charge on any atom is 0.328 e. The molecular weight excluding hydrogens is 344 g/mol. The van der Waals surface area contributed by atoms with E-state index in [2.05, 4.69) is 32.9 Å². The lowest BCUT2D eigenvalue weighted by Crippen LogP contribution is -2.51. The van der Waals surface area contributed by atoms with Gasteiger partial charge in [-0.15, -0.1) is 0 Å². The number of amides is 4. The minimum atomic E-state index is -0.812. The summed E-state index contributed by atoms with van der Waals surface area (Å²) >= 11 is 0. The van der Waals surface area contributed by atoms with E-state index < -0.39 is 17.8 Å². The van der Waals surface area contributed by atoms with Gasteiger partial charge in [-0.1, -0.05) is 29.8 Å². The predicted octanol–water partition coefficient (Wildman–Crippen LogP) is 2.94. The topological polar surface area (TPSA) is 84.5 Å². The van der Waals surface area contributed by atoms with Crippen molar-refractivity contribution in [3.05, 3.63) is 69.8 Å². The molecule has 3 rings (SSSR count). The van der Waals surface area contributed by atoms with E-state index >= 15 is 0 Å². The Hall–Kier alpha value is -3.41. The Morgan fingerprint density at radius 2 is 1.44 bits per heavy atom. The number of hydrogen-bond acceptors (Lipinski definition) is 4. The molecule has 2 N–H and O–H groups in total. The number of urea groups is 1. The van der Waals surface area contributed by atoms with Crippen molar-refractivity contribution in [2.24, 2.45) is 0 Å². The van der Waals surface area contributed by atoms with E-state index in [9.17, 15) is 14.4 Å². The predicted molar refractivity (Wildman–Crippen MR) is 101 cm³/mol. The Balaban J connectivity index is 1.71. The first kappa shape index (κ1) is 18.4. The number of hydrogen-bond donors (Lipinski definition) is 2. The van der Waals surface area contributed by atoms with Gasteiger partial charge in [-0.25, -0.2) is 4.79 Å². The second-order valence-electron chi connectivity index (χ2n) is 6.53. The molecule has 0 saturated carbocycles. The first-order valence-electron chi connectivity index (χ1n) is 8.51. The molecule has 6 heteroatoms. The van der Waals surface area contributed by atoms with E-state index in [1.165, 1.54) is 22.8 Å². The van der Waals surface area contributed by atoms with Crippen LogP contribution in [-0.4, -0.2) is 17.8 Å². The SMILES string of the molecule is Cc1cc(C)c(COc2ccc(C=C3C(=O)NC(=O)NC3=O)cc2)c(C)c1. The van der Waals surface area contributed by atoms with E-state index in [0.717, 1.165) is 5.56 Å². The summed E-state index contributed by atoms with van der Waals surface area (Å²) in [7, 11) is 0. The zero-order chi connectivity index (χ0) is 19.6. The van der Waals surface area contributed by atoms with Crippen LogP contribution < -0.4 is 15.4 Å². The molecule has 2 aromatic rings. The largest absolute Gasteiger partial charge is 0.489 e. The molecule has 0 bridgehead atoms. The van der Waals surface area contributed by atoms with Crippen molar-refractivity contribution in [2.75, 3.05) is 0 Å². The Bertz CT molecular complexity index is 914. The van der Waals surface area contributed by atoms with Crippen LogP contribution in [0.5, 0.6) is 5.75 Å². The summed E-state index contributed by atoms with van der Waals surface area (Å²) in [5, 5.41) is 4.08. The molecule has 1 heterocycles. The Morgan fingerprint density at radius 1 is 0.889 bits per heavy atom. The van der Waals surface area contributed by atoms with Crippen molar-refractivity contribution >= 4 is 23.9 Å². The van der Waals surface area contributed by atoms with Gasteiger partial charge in [0.1, 0.15) is 17.9 Å². The van der Waals surface area contributed by atoms with Crippen LogP contribution in [-0.2, 0) is 16.2 Å². The zero-order valence-corrected chi connectivity index (χ0v) is 15.4. The van der Waals surface area contributed by atoms with E-state index in [0.29, 0.717) is 17.9 Å². The van der Waals surface area contributed by atoms with Crippen molar-refractivity contribution in [1.82, 2.24) is 10.6 Å². The highest BCUT2D eigenvalue weighted by atomic mass is 16.5. The van der Waals surface area contributed by atoms with E-state index in [4.69, 9.17) is 4.74 Å². The summed E-state index contributed by atoms with van der Waals surface area (Å²) in [4.78, 5) is 34.6. The third-order valence-corrected chi connectivity index (χ3v) is 4.36. The highest BCUT2D eigenvalue weighted by Gasteiger charge is 2.27. The number of ether oxygens (including phenoxy) is 1. The lowest BCUT2D eigenvalue weighted by Gasteiger charge is -2.14. The van der Waals surface area contributed by atoms with Gasteiger partial charge in [0.25, 0.3) is 11.8 Å². The highest BCUT2D eigenvalue weighted by molar-refractivity contribution is 6.31. The molecule has 27 heavy (non-hydrogen) atoms. The van der Waals surface area contributed by atoms with Gasteiger partial charge in [0, 0.05) is 0 Å². The van der Waals surface area contributed by atoms with Gasteiger partial charge in [0.2, 0.25) is 0 Å². The fourth-order valence-corrected chi connectivity index (χ4v) is 3.03. The van der Waals surface area contributed by atoms with Gasteiger partial charge in [0.15, 0.2) is 0 Å². The first-order valence-corrected chi connectivity index (χ1v) is 8.51. The molecular formula is C21H20N2O4. The van der Waals surface area contributed by atoms with E-state index in [1.807, 2.05) is 10.6 Å². The zero-order valence-electron chi connectivity index (χ0n) is 15.4. The summed E-state index contributed by atoms with van der Waals surface area (Å²) < 4.78 is 5.87. The highest BCUT2D eigenvalue weighted by Crippen LogP contribution is 2.20. The van der Waals surface area contributed by atoms with Crippen molar-refractivity contribution in [3.8, 4) is 5.75 Å². The molecule has 0 unspecified atom stereocenters. The van der Waals surface area contributed by atoms with Crippen molar-refractivity contribution in [3.63, 3.8) is 0 Å². The standard InChI is InChI=1S/C21H20N2O4/c1-12-8-13(2)18(14(3)9-12)11-27-16-6-4-15(5-7-16)10-17-19(24)22-21(26)23-20(17)25/h4-10H,11H2,1-3H3,(H2,22,23,24,25,26). The lowest BCUT2D eigenvalue weighted by molar-refractivity contribution is -0.123. The molecule has 0 aliphatic carbocycles. The van der Waals surface area contributed by atoms with Gasteiger partial charge in [0.05, 0.1) is 0 Å². The van der Waals surface area contributed by atoms with Gasteiger partial charge in [-0.3, -0.25) is 20.2 Å². The summed E-state index contributed by atoms with van der Waals surface area (Å²) in [5.74, 6) is -0.743.